The van der Waals surface area contributed by atoms with Crippen LogP contribution in [0.3, 0.4) is 0 Å². The zero-order valence-corrected chi connectivity index (χ0v) is 23.6. The van der Waals surface area contributed by atoms with E-state index in [2.05, 4.69) is 25.9 Å². The third-order valence-electron chi connectivity index (χ3n) is 6.88. The lowest BCUT2D eigenvalue weighted by atomic mass is 10.0. The van der Waals surface area contributed by atoms with Gasteiger partial charge >= 0.3 is 0 Å². The number of rotatable bonds is 8. The molecule has 2 aromatic heterocycles. The van der Waals surface area contributed by atoms with Gasteiger partial charge in [0.2, 0.25) is 20.0 Å². The zero-order chi connectivity index (χ0) is 25.5. The van der Waals surface area contributed by atoms with Crippen LogP contribution >= 0.6 is 11.8 Å². The van der Waals surface area contributed by atoms with E-state index in [0.29, 0.717) is 38.9 Å². The van der Waals surface area contributed by atoms with Crippen LogP contribution in [0.15, 0.2) is 5.03 Å². The van der Waals surface area contributed by atoms with Crippen LogP contribution < -0.4 is 0 Å². The number of hydrogen-bond donors (Lipinski definition) is 0. The molecule has 0 aliphatic carbocycles. The Morgan fingerprint density at radius 1 is 0.943 bits per heavy atom. The fraction of sp³-hybridized carbons (Fsp3) is 0.727. The third kappa shape index (κ3) is 5.34. The minimum atomic E-state index is -3.51. The third-order valence-corrected chi connectivity index (χ3v) is 10.6. The molecule has 0 bridgehead atoms. The fourth-order valence-corrected chi connectivity index (χ4v) is 7.84. The molecule has 35 heavy (non-hydrogen) atoms. The van der Waals surface area contributed by atoms with Gasteiger partial charge in [0.05, 0.1) is 24.2 Å². The summed E-state index contributed by atoms with van der Waals surface area (Å²) in [6, 6.07) is 0. The number of nitrogens with zero attached hydrogens (tertiary/aromatic N) is 6. The molecular weight excluding hydrogens is 508 g/mol. The minimum absolute atomic E-state index is 0.0427. The van der Waals surface area contributed by atoms with E-state index in [0.717, 1.165) is 39.8 Å². The van der Waals surface area contributed by atoms with Gasteiger partial charge in [0.15, 0.2) is 0 Å². The average molecular weight is 545 g/mol. The van der Waals surface area contributed by atoms with Gasteiger partial charge in [0.25, 0.3) is 0 Å². The number of thioether (sulfide) groups is 1. The summed E-state index contributed by atoms with van der Waals surface area (Å²) >= 11 is 1.47. The van der Waals surface area contributed by atoms with Gasteiger partial charge in [-0.25, -0.2) is 16.8 Å². The molecule has 0 saturated carbocycles. The lowest BCUT2D eigenvalue weighted by Gasteiger charge is -2.27. The lowest BCUT2D eigenvalue weighted by Crippen LogP contribution is -2.39. The van der Waals surface area contributed by atoms with Gasteiger partial charge in [-0.1, -0.05) is 13.8 Å². The van der Waals surface area contributed by atoms with Crippen LogP contribution in [0, 0.1) is 0 Å². The van der Waals surface area contributed by atoms with Crippen LogP contribution in [-0.2, 0) is 59.1 Å². The molecule has 0 amide bonds. The van der Waals surface area contributed by atoms with E-state index in [9.17, 15) is 16.8 Å². The van der Waals surface area contributed by atoms with Crippen molar-refractivity contribution in [3.05, 3.63) is 28.2 Å². The maximum atomic E-state index is 13.4. The topological polar surface area (TPSA) is 110 Å². The number of hydrogen-bond acceptors (Lipinski definition) is 7. The van der Waals surface area contributed by atoms with E-state index in [-0.39, 0.29) is 24.8 Å². The number of aryl methyl sites for hydroxylation is 2. The Kier molecular flexibility index (Phi) is 7.73. The van der Waals surface area contributed by atoms with Gasteiger partial charge in [-0.05, 0) is 31.9 Å². The van der Waals surface area contributed by atoms with Crippen LogP contribution in [0.5, 0.6) is 0 Å². The van der Waals surface area contributed by atoms with E-state index < -0.39 is 20.0 Å². The molecule has 2 aliphatic heterocycles. The summed E-state index contributed by atoms with van der Waals surface area (Å²) in [6.07, 6.45) is 5.16. The van der Waals surface area contributed by atoms with Crippen molar-refractivity contribution in [3.63, 3.8) is 0 Å². The van der Waals surface area contributed by atoms with Gasteiger partial charge in [-0.3, -0.25) is 9.36 Å². The number of sulfonamides is 2. The Hall–Kier alpha value is -1.41. The molecule has 13 heteroatoms. The van der Waals surface area contributed by atoms with Crippen molar-refractivity contribution in [1.82, 2.24) is 28.2 Å². The predicted octanol–water partition coefficient (Wildman–Crippen LogP) is 2.04. The smallest absolute Gasteiger partial charge is 0.216 e. The summed E-state index contributed by atoms with van der Waals surface area (Å²) in [4.78, 5) is 0. The van der Waals surface area contributed by atoms with Crippen molar-refractivity contribution >= 4 is 31.8 Å². The van der Waals surface area contributed by atoms with Gasteiger partial charge in [0, 0.05) is 61.7 Å². The SMILES string of the molecule is CCn1nc(C(C)C)c2c1CCN(S(=O)(=O)CCn1nc(SC)c3c1CCCN(S(C)(=O)=O)C3)C2. The highest BCUT2D eigenvalue weighted by molar-refractivity contribution is 7.98. The molecule has 0 spiro atoms. The van der Waals surface area contributed by atoms with Crippen molar-refractivity contribution in [1.29, 1.82) is 0 Å². The maximum Gasteiger partial charge on any atom is 0.216 e. The second kappa shape index (κ2) is 10.2. The monoisotopic (exact) mass is 544 g/mol. The summed E-state index contributed by atoms with van der Waals surface area (Å²) in [5, 5.41) is 10.2. The number of aromatic nitrogens is 4. The quantitative estimate of drug-likeness (QED) is 0.468. The maximum absolute atomic E-state index is 13.4. The largest absolute Gasteiger partial charge is 0.269 e. The molecule has 0 atom stereocenters. The Balaban J connectivity index is 1.54. The van der Waals surface area contributed by atoms with Gasteiger partial charge in [-0.15, -0.1) is 11.8 Å². The highest BCUT2D eigenvalue weighted by Gasteiger charge is 2.33. The molecule has 10 nitrogen and oxygen atoms in total. The molecule has 4 rings (SSSR count). The first-order valence-corrected chi connectivity index (χ1v) is 16.8. The molecule has 2 aliphatic rings. The Morgan fingerprint density at radius 2 is 1.63 bits per heavy atom. The summed E-state index contributed by atoms with van der Waals surface area (Å²) in [5.74, 6) is 0.189. The van der Waals surface area contributed by atoms with Crippen LogP contribution in [0.2, 0.25) is 0 Å². The molecule has 196 valence electrons. The molecular formula is C22H36N6O4S3. The number of fused-ring (bicyclic) bond motifs is 2. The summed E-state index contributed by atoms with van der Waals surface area (Å²) in [7, 11) is -6.82. The average Bonchev–Trinajstić information content (AvgIpc) is 3.24. The van der Waals surface area contributed by atoms with E-state index in [1.807, 2.05) is 10.9 Å². The molecule has 4 heterocycles. The zero-order valence-electron chi connectivity index (χ0n) is 21.2. The first kappa shape index (κ1) is 26.6. The highest BCUT2D eigenvalue weighted by Crippen LogP contribution is 2.31. The molecule has 0 radical (unpaired) electrons. The molecule has 0 N–H and O–H groups in total. The van der Waals surface area contributed by atoms with Gasteiger partial charge in [0.1, 0.15) is 5.03 Å². The van der Waals surface area contributed by atoms with E-state index >= 15 is 0 Å². The normalized spacial score (nSPS) is 18.0. The van der Waals surface area contributed by atoms with Gasteiger partial charge in [-0.2, -0.15) is 18.8 Å². The van der Waals surface area contributed by atoms with Crippen molar-refractivity contribution in [2.24, 2.45) is 0 Å². The first-order chi connectivity index (χ1) is 16.5. The Morgan fingerprint density at radius 3 is 2.26 bits per heavy atom. The van der Waals surface area contributed by atoms with E-state index in [1.165, 1.54) is 22.3 Å². The van der Waals surface area contributed by atoms with E-state index in [4.69, 9.17) is 5.10 Å². The minimum Gasteiger partial charge on any atom is -0.269 e. The lowest BCUT2D eigenvalue weighted by molar-refractivity contribution is 0.380. The standard InChI is InChI=1S/C22H36N6O4S3/c1-6-27-20-9-11-26(14-17(20)21(23-27)16(2)3)35(31,32)13-12-28-19-8-7-10-25(34(5,29)30)15-18(19)22(24-28)33-4/h16H,6-15H2,1-5H3. The van der Waals surface area contributed by atoms with Crippen molar-refractivity contribution in [3.8, 4) is 0 Å². The summed E-state index contributed by atoms with van der Waals surface area (Å²) in [5.41, 5.74) is 5.03. The first-order valence-electron chi connectivity index (χ1n) is 12.1. The highest BCUT2D eigenvalue weighted by atomic mass is 32.2. The van der Waals surface area contributed by atoms with Crippen LogP contribution in [0.25, 0.3) is 0 Å². The second-order valence-electron chi connectivity index (χ2n) is 9.54. The Labute approximate surface area is 213 Å². The predicted molar refractivity (Wildman–Crippen MR) is 137 cm³/mol. The van der Waals surface area contributed by atoms with Crippen molar-refractivity contribution in [2.45, 2.75) is 77.2 Å². The van der Waals surface area contributed by atoms with Crippen molar-refractivity contribution < 1.29 is 16.8 Å². The summed E-state index contributed by atoms with van der Waals surface area (Å²) < 4.78 is 58.0. The molecule has 0 fully saturated rings. The van der Waals surface area contributed by atoms with Crippen molar-refractivity contribution in [2.75, 3.05) is 31.4 Å². The Bertz CT molecular complexity index is 1300. The summed E-state index contributed by atoms with van der Waals surface area (Å²) in [6.45, 7) is 8.83. The van der Waals surface area contributed by atoms with Crippen LogP contribution in [-0.4, -0.2) is 76.4 Å². The fourth-order valence-electron chi connectivity index (χ4n) is 5.05. The van der Waals surface area contributed by atoms with Crippen LogP contribution in [0.1, 0.15) is 61.3 Å². The second-order valence-corrected chi connectivity index (χ2v) is 14.4. The molecule has 0 unspecified atom stereocenters. The molecule has 0 aromatic carbocycles. The van der Waals surface area contributed by atoms with E-state index in [1.54, 1.807) is 8.99 Å². The van der Waals surface area contributed by atoms with Crippen LogP contribution in [0.4, 0.5) is 0 Å². The molecule has 0 saturated heterocycles. The van der Waals surface area contributed by atoms with Gasteiger partial charge < -0.3 is 0 Å². The molecule has 2 aromatic rings.